The van der Waals surface area contributed by atoms with Crippen LogP contribution in [0.25, 0.3) is 0 Å². The van der Waals surface area contributed by atoms with Crippen molar-refractivity contribution in [1.82, 2.24) is 9.71 Å². The van der Waals surface area contributed by atoms with E-state index in [-0.39, 0.29) is 21.5 Å². The van der Waals surface area contributed by atoms with Gasteiger partial charge in [0.1, 0.15) is 5.82 Å². The summed E-state index contributed by atoms with van der Waals surface area (Å²) in [5.41, 5.74) is 0.758. The number of hydrogen-bond donors (Lipinski definition) is 1. The fourth-order valence-electron chi connectivity index (χ4n) is 2.45. The SMILES string of the molecule is O=S(=O)(NCc1ccc(N2CCOCC2)nc1)c1cc(Cl)cc(Cl)c1. The highest BCUT2D eigenvalue weighted by molar-refractivity contribution is 7.89. The Bertz CT molecular complexity index is 818. The Balaban J connectivity index is 1.66. The number of nitrogens with one attached hydrogen (secondary N) is 1. The number of morpholine rings is 1. The first-order valence-electron chi connectivity index (χ1n) is 7.67. The second kappa shape index (κ2) is 7.88. The minimum absolute atomic E-state index is 0.0305. The van der Waals surface area contributed by atoms with Crippen molar-refractivity contribution in [2.24, 2.45) is 0 Å². The van der Waals surface area contributed by atoms with Crippen LogP contribution in [-0.4, -0.2) is 39.7 Å². The molecule has 1 N–H and O–H groups in total. The lowest BCUT2D eigenvalue weighted by Crippen LogP contribution is -2.36. The third kappa shape index (κ3) is 4.83. The van der Waals surface area contributed by atoms with E-state index >= 15 is 0 Å². The van der Waals surface area contributed by atoms with Crippen LogP contribution in [0.2, 0.25) is 10.0 Å². The average molecular weight is 402 g/mol. The van der Waals surface area contributed by atoms with Gasteiger partial charge in [0.05, 0.1) is 18.1 Å². The van der Waals surface area contributed by atoms with Crippen molar-refractivity contribution >= 4 is 39.0 Å². The number of nitrogens with zero attached hydrogens (tertiary/aromatic N) is 2. The number of anilines is 1. The first-order chi connectivity index (χ1) is 11.9. The Kier molecular flexibility index (Phi) is 5.81. The molecule has 0 aliphatic carbocycles. The largest absolute Gasteiger partial charge is 0.378 e. The normalized spacial score (nSPS) is 15.4. The Morgan fingerprint density at radius 3 is 2.40 bits per heavy atom. The summed E-state index contributed by atoms with van der Waals surface area (Å²) >= 11 is 11.7. The first-order valence-corrected chi connectivity index (χ1v) is 9.91. The van der Waals surface area contributed by atoms with Crippen LogP contribution in [0, 0.1) is 0 Å². The van der Waals surface area contributed by atoms with Gasteiger partial charge >= 0.3 is 0 Å². The second-order valence-corrected chi connectivity index (χ2v) is 8.19. The zero-order valence-corrected chi connectivity index (χ0v) is 15.6. The quantitative estimate of drug-likeness (QED) is 0.833. The van der Waals surface area contributed by atoms with Crippen LogP contribution in [0.1, 0.15) is 5.56 Å². The summed E-state index contributed by atoms with van der Waals surface area (Å²) in [5, 5.41) is 0.536. The van der Waals surface area contributed by atoms with Crippen molar-refractivity contribution in [3.05, 3.63) is 52.1 Å². The summed E-state index contributed by atoms with van der Waals surface area (Å²) in [6.45, 7) is 3.10. The van der Waals surface area contributed by atoms with Gasteiger partial charge in [-0.1, -0.05) is 29.3 Å². The lowest BCUT2D eigenvalue weighted by atomic mass is 10.3. The molecule has 1 aromatic carbocycles. The summed E-state index contributed by atoms with van der Waals surface area (Å²) in [7, 11) is -3.71. The molecular formula is C16H17Cl2N3O3S. The number of aromatic nitrogens is 1. The van der Waals surface area contributed by atoms with E-state index in [2.05, 4.69) is 14.6 Å². The third-order valence-electron chi connectivity index (χ3n) is 3.76. The minimum Gasteiger partial charge on any atom is -0.378 e. The summed E-state index contributed by atoms with van der Waals surface area (Å²) in [6.07, 6.45) is 1.66. The van der Waals surface area contributed by atoms with Gasteiger partial charge in [-0.3, -0.25) is 0 Å². The molecule has 9 heteroatoms. The molecule has 1 aliphatic heterocycles. The second-order valence-electron chi connectivity index (χ2n) is 5.55. The van der Waals surface area contributed by atoms with Crippen molar-refractivity contribution in [1.29, 1.82) is 0 Å². The van der Waals surface area contributed by atoms with E-state index in [9.17, 15) is 8.42 Å². The number of rotatable bonds is 5. The zero-order chi connectivity index (χ0) is 17.9. The molecule has 0 atom stereocenters. The summed E-state index contributed by atoms with van der Waals surface area (Å²) < 4.78 is 32.5. The van der Waals surface area contributed by atoms with Crippen molar-refractivity contribution < 1.29 is 13.2 Å². The van der Waals surface area contributed by atoms with E-state index in [0.717, 1.165) is 24.5 Å². The van der Waals surface area contributed by atoms with E-state index in [1.807, 2.05) is 12.1 Å². The summed E-state index contributed by atoms with van der Waals surface area (Å²) in [6, 6.07) is 7.93. The predicted octanol–water partition coefficient (Wildman–Crippen LogP) is 2.70. The first kappa shape index (κ1) is 18.4. The average Bonchev–Trinajstić information content (AvgIpc) is 2.60. The standard InChI is InChI=1S/C16H17Cl2N3O3S/c17-13-7-14(18)9-15(8-13)25(22,23)20-11-12-1-2-16(19-10-12)21-3-5-24-6-4-21/h1-2,7-10,20H,3-6,11H2. The molecule has 1 fully saturated rings. The molecule has 1 aromatic heterocycles. The van der Waals surface area contributed by atoms with Gasteiger partial charge < -0.3 is 9.64 Å². The molecule has 2 heterocycles. The molecule has 2 aromatic rings. The molecule has 3 rings (SSSR count). The monoisotopic (exact) mass is 401 g/mol. The maximum absolute atomic E-state index is 12.4. The number of ether oxygens (including phenoxy) is 1. The molecule has 1 aliphatic rings. The van der Waals surface area contributed by atoms with Crippen molar-refractivity contribution in [2.45, 2.75) is 11.4 Å². The van der Waals surface area contributed by atoms with E-state index in [4.69, 9.17) is 27.9 Å². The number of hydrogen-bond acceptors (Lipinski definition) is 5. The molecule has 0 radical (unpaired) electrons. The number of pyridine rings is 1. The molecular weight excluding hydrogens is 385 g/mol. The van der Waals surface area contributed by atoms with Gasteiger partial charge in [-0.15, -0.1) is 0 Å². The van der Waals surface area contributed by atoms with Crippen molar-refractivity contribution in [3.8, 4) is 0 Å². The molecule has 0 saturated carbocycles. The number of benzene rings is 1. The van der Waals surface area contributed by atoms with Crippen LogP contribution in [0.5, 0.6) is 0 Å². The maximum Gasteiger partial charge on any atom is 0.240 e. The van der Waals surface area contributed by atoms with E-state index in [1.165, 1.54) is 18.2 Å². The number of halogens is 2. The fraction of sp³-hybridized carbons (Fsp3) is 0.312. The zero-order valence-electron chi connectivity index (χ0n) is 13.3. The highest BCUT2D eigenvalue weighted by Gasteiger charge is 2.16. The highest BCUT2D eigenvalue weighted by Crippen LogP contribution is 2.22. The lowest BCUT2D eigenvalue weighted by Gasteiger charge is -2.27. The fourth-order valence-corrected chi connectivity index (χ4v) is 4.19. The Labute approximate surface area is 156 Å². The van der Waals surface area contributed by atoms with Crippen LogP contribution in [-0.2, 0) is 21.3 Å². The highest BCUT2D eigenvalue weighted by atomic mass is 35.5. The van der Waals surface area contributed by atoms with Gasteiger partial charge in [-0.2, -0.15) is 0 Å². The van der Waals surface area contributed by atoms with Crippen molar-refractivity contribution in [2.75, 3.05) is 31.2 Å². The van der Waals surface area contributed by atoms with Crippen molar-refractivity contribution in [3.63, 3.8) is 0 Å². The van der Waals surface area contributed by atoms with Gasteiger partial charge in [-0.05, 0) is 29.8 Å². The smallest absolute Gasteiger partial charge is 0.240 e. The Morgan fingerprint density at radius 2 is 1.80 bits per heavy atom. The molecule has 0 bridgehead atoms. The van der Waals surface area contributed by atoms with Crippen LogP contribution < -0.4 is 9.62 Å². The summed E-state index contributed by atoms with van der Waals surface area (Å²) in [4.78, 5) is 6.56. The molecule has 6 nitrogen and oxygen atoms in total. The predicted molar refractivity (Wildman–Crippen MR) is 97.8 cm³/mol. The van der Waals surface area contributed by atoms with Gasteiger partial charge in [0.15, 0.2) is 0 Å². The molecule has 25 heavy (non-hydrogen) atoms. The van der Waals surface area contributed by atoms with E-state index in [0.29, 0.717) is 13.2 Å². The molecule has 0 spiro atoms. The topological polar surface area (TPSA) is 71.5 Å². The Hall–Kier alpha value is -1.38. The van der Waals surface area contributed by atoms with E-state index in [1.54, 1.807) is 6.20 Å². The van der Waals surface area contributed by atoms with Gasteiger partial charge in [0.25, 0.3) is 0 Å². The maximum atomic E-state index is 12.4. The van der Waals surface area contributed by atoms with Crippen LogP contribution in [0.4, 0.5) is 5.82 Å². The molecule has 0 amide bonds. The Morgan fingerprint density at radius 1 is 1.12 bits per heavy atom. The molecule has 134 valence electrons. The van der Waals surface area contributed by atoms with Gasteiger partial charge in [0.2, 0.25) is 10.0 Å². The lowest BCUT2D eigenvalue weighted by molar-refractivity contribution is 0.122. The molecule has 0 unspecified atom stereocenters. The van der Waals surface area contributed by atoms with E-state index < -0.39 is 10.0 Å². The third-order valence-corrected chi connectivity index (χ3v) is 5.57. The van der Waals surface area contributed by atoms with Crippen LogP contribution >= 0.6 is 23.2 Å². The number of sulfonamides is 1. The van der Waals surface area contributed by atoms with Gasteiger partial charge in [0, 0.05) is 35.9 Å². The molecule has 1 saturated heterocycles. The van der Waals surface area contributed by atoms with Gasteiger partial charge in [-0.25, -0.2) is 18.1 Å². The van der Waals surface area contributed by atoms with Crippen LogP contribution in [0.3, 0.4) is 0 Å². The summed E-state index contributed by atoms with van der Waals surface area (Å²) in [5.74, 6) is 0.858. The van der Waals surface area contributed by atoms with Crippen LogP contribution in [0.15, 0.2) is 41.4 Å². The minimum atomic E-state index is -3.71.